The van der Waals surface area contributed by atoms with Gasteiger partial charge in [0.15, 0.2) is 0 Å². The van der Waals surface area contributed by atoms with Gasteiger partial charge in [-0.1, -0.05) is 6.07 Å². The zero-order valence-electron chi connectivity index (χ0n) is 10.3. The lowest BCUT2D eigenvalue weighted by Crippen LogP contribution is -2.25. The third-order valence-corrected chi connectivity index (χ3v) is 4.57. The summed E-state index contributed by atoms with van der Waals surface area (Å²) in [7, 11) is 1.90. The third-order valence-electron chi connectivity index (χ3n) is 3.24. The second kappa shape index (κ2) is 5.13. The van der Waals surface area contributed by atoms with Crippen LogP contribution < -0.4 is 5.32 Å². The molecule has 0 spiro atoms. The average Bonchev–Trinajstić information content (AvgIpc) is 2.68. The Balaban J connectivity index is 2.11. The van der Waals surface area contributed by atoms with Gasteiger partial charge in [0.2, 0.25) is 0 Å². The van der Waals surface area contributed by atoms with Crippen LogP contribution in [0.2, 0.25) is 0 Å². The summed E-state index contributed by atoms with van der Waals surface area (Å²) in [5.74, 6) is 0. The lowest BCUT2D eigenvalue weighted by molar-refractivity contribution is -0.137. The summed E-state index contributed by atoms with van der Waals surface area (Å²) < 4.78 is 37.8. The lowest BCUT2D eigenvalue weighted by Gasteiger charge is -2.14. The largest absolute Gasteiger partial charge is 0.416 e. The molecule has 1 heterocycles. The minimum Gasteiger partial charge on any atom is -0.317 e. The monoisotopic (exact) mass is 275 g/mol. The number of thioether (sulfide) groups is 1. The summed E-state index contributed by atoms with van der Waals surface area (Å²) in [5, 5.41) is 3.54. The highest BCUT2D eigenvalue weighted by Crippen LogP contribution is 2.42. The van der Waals surface area contributed by atoms with Crippen LogP contribution in [0.3, 0.4) is 0 Å². The van der Waals surface area contributed by atoms with Gasteiger partial charge in [-0.25, -0.2) is 0 Å². The van der Waals surface area contributed by atoms with E-state index < -0.39 is 11.7 Å². The first-order chi connectivity index (χ1) is 8.40. The molecule has 0 radical (unpaired) electrons. The van der Waals surface area contributed by atoms with Crippen LogP contribution in [0, 0.1) is 0 Å². The molecule has 1 N–H and O–H groups in total. The SMILES string of the molecule is CNC(C)CC1Cc2ccc(C(F)(F)F)cc2S1. The molecule has 1 aromatic rings. The van der Waals surface area contributed by atoms with Gasteiger partial charge in [-0.2, -0.15) is 13.2 Å². The maximum atomic E-state index is 12.6. The van der Waals surface area contributed by atoms with E-state index >= 15 is 0 Å². The van der Waals surface area contributed by atoms with Crippen molar-refractivity contribution < 1.29 is 13.2 Å². The second-order valence-corrected chi connectivity index (χ2v) is 6.03. The standard InChI is InChI=1S/C13H16F3NS/c1-8(17-2)5-11-6-9-3-4-10(13(14,15)16)7-12(9)18-11/h3-4,7-8,11,17H,5-6H2,1-2H3. The Kier molecular flexibility index (Phi) is 3.92. The number of halogens is 3. The van der Waals surface area contributed by atoms with Crippen molar-refractivity contribution in [2.45, 2.75) is 42.1 Å². The number of hydrogen-bond acceptors (Lipinski definition) is 2. The van der Waals surface area contributed by atoms with Crippen molar-refractivity contribution >= 4 is 11.8 Å². The highest BCUT2D eigenvalue weighted by atomic mass is 32.2. The van der Waals surface area contributed by atoms with Crippen LogP contribution >= 0.6 is 11.8 Å². The Labute approximate surface area is 109 Å². The van der Waals surface area contributed by atoms with E-state index in [1.165, 1.54) is 12.1 Å². The molecule has 0 bridgehead atoms. The third kappa shape index (κ3) is 3.01. The fourth-order valence-electron chi connectivity index (χ4n) is 2.12. The molecule has 2 rings (SSSR count). The van der Waals surface area contributed by atoms with Gasteiger partial charge < -0.3 is 5.32 Å². The van der Waals surface area contributed by atoms with E-state index in [9.17, 15) is 13.2 Å². The fraction of sp³-hybridized carbons (Fsp3) is 0.538. The van der Waals surface area contributed by atoms with Crippen LogP contribution in [-0.2, 0) is 12.6 Å². The molecule has 0 aliphatic carbocycles. The molecule has 18 heavy (non-hydrogen) atoms. The molecule has 2 unspecified atom stereocenters. The van der Waals surface area contributed by atoms with Crippen LogP contribution in [0.5, 0.6) is 0 Å². The minimum absolute atomic E-state index is 0.380. The summed E-state index contributed by atoms with van der Waals surface area (Å²) in [5.41, 5.74) is 0.498. The van der Waals surface area contributed by atoms with E-state index in [1.807, 2.05) is 7.05 Å². The Morgan fingerprint density at radius 1 is 1.44 bits per heavy atom. The molecule has 0 saturated carbocycles. The van der Waals surface area contributed by atoms with Crippen LogP contribution in [-0.4, -0.2) is 18.3 Å². The van der Waals surface area contributed by atoms with E-state index in [4.69, 9.17) is 0 Å². The van der Waals surface area contributed by atoms with Crippen molar-refractivity contribution in [3.8, 4) is 0 Å². The van der Waals surface area contributed by atoms with Gasteiger partial charge in [-0.05, 0) is 44.5 Å². The zero-order chi connectivity index (χ0) is 13.3. The van der Waals surface area contributed by atoms with E-state index in [0.29, 0.717) is 11.3 Å². The van der Waals surface area contributed by atoms with E-state index in [-0.39, 0.29) is 0 Å². The van der Waals surface area contributed by atoms with Crippen LogP contribution in [0.25, 0.3) is 0 Å². The van der Waals surface area contributed by atoms with Crippen molar-refractivity contribution in [3.63, 3.8) is 0 Å². The molecule has 100 valence electrons. The first kappa shape index (κ1) is 13.7. The summed E-state index contributed by atoms with van der Waals surface area (Å²) >= 11 is 1.57. The van der Waals surface area contributed by atoms with Crippen molar-refractivity contribution in [1.29, 1.82) is 0 Å². The fourth-order valence-corrected chi connectivity index (χ4v) is 3.62. The topological polar surface area (TPSA) is 12.0 Å². The van der Waals surface area contributed by atoms with Gasteiger partial charge in [0.05, 0.1) is 5.56 Å². The molecule has 1 aromatic carbocycles. The van der Waals surface area contributed by atoms with Crippen molar-refractivity contribution in [1.82, 2.24) is 5.32 Å². The highest BCUT2D eigenvalue weighted by molar-refractivity contribution is 8.00. The number of benzene rings is 1. The normalized spacial score (nSPS) is 20.8. The molecule has 0 fully saturated rings. The molecule has 5 heteroatoms. The molecule has 0 saturated heterocycles. The van der Waals surface area contributed by atoms with Crippen molar-refractivity contribution in [2.24, 2.45) is 0 Å². The first-order valence-electron chi connectivity index (χ1n) is 5.94. The van der Waals surface area contributed by atoms with Crippen LogP contribution in [0.4, 0.5) is 13.2 Å². The molecule has 2 atom stereocenters. The Bertz CT molecular complexity index is 431. The Hall–Kier alpha value is -0.680. The number of rotatable bonds is 3. The van der Waals surface area contributed by atoms with Gasteiger partial charge in [0, 0.05) is 16.2 Å². The average molecular weight is 275 g/mol. The van der Waals surface area contributed by atoms with Gasteiger partial charge in [0.1, 0.15) is 0 Å². The smallest absolute Gasteiger partial charge is 0.317 e. The maximum Gasteiger partial charge on any atom is 0.416 e. The molecular weight excluding hydrogens is 259 g/mol. The molecule has 1 aliphatic heterocycles. The summed E-state index contributed by atoms with van der Waals surface area (Å²) in [6, 6.07) is 4.47. The van der Waals surface area contributed by atoms with Gasteiger partial charge in [0.25, 0.3) is 0 Å². The summed E-state index contributed by atoms with van der Waals surface area (Å²) in [6.45, 7) is 2.09. The van der Waals surface area contributed by atoms with Crippen LogP contribution in [0.1, 0.15) is 24.5 Å². The predicted octanol–water partition coefficient (Wildman–Crippen LogP) is 3.72. The summed E-state index contributed by atoms with van der Waals surface area (Å²) in [6.07, 6.45) is -2.41. The van der Waals surface area contributed by atoms with Crippen molar-refractivity contribution in [3.05, 3.63) is 29.3 Å². The van der Waals surface area contributed by atoms with Gasteiger partial charge >= 0.3 is 6.18 Å². The Morgan fingerprint density at radius 2 is 2.17 bits per heavy atom. The second-order valence-electron chi connectivity index (χ2n) is 4.69. The molecule has 1 nitrogen and oxygen atoms in total. The number of nitrogens with one attached hydrogen (secondary N) is 1. The van der Waals surface area contributed by atoms with E-state index in [2.05, 4.69) is 12.2 Å². The van der Waals surface area contributed by atoms with Gasteiger partial charge in [-0.15, -0.1) is 11.8 Å². The summed E-state index contributed by atoms with van der Waals surface area (Å²) in [4.78, 5) is 0.790. The zero-order valence-corrected chi connectivity index (χ0v) is 11.2. The molecular formula is C13H16F3NS. The molecule has 0 amide bonds. The van der Waals surface area contributed by atoms with Crippen LogP contribution in [0.15, 0.2) is 23.1 Å². The molecule has 1 aliphatic rings. The number of fused-ring (bicyclic) bond motifs is 1. The highest BCUT2D eigenvalue weighted by Gasteiger charge is 2.33. The van der Waals surface area contributed by atoms with E-state index in [1.54, 1.807) is 17.8 Å². The maximum absolute atomic E-state index is 12.6. The van der Waals surface area contributed by atoms with E-state index in [0.717, 1.165) is 23.3 Å². The minimum atomic E-state index is -4.24. The van der Waals surface area contributed by atoms with Gasteiger partial charge in [-0.3, -0.25) is 0 Å². The quantitative estimate of drug-likeness (QED) is 0.902. The molecule has 0 aromatic heterocycles. The first-order valence-corrected chi connectivity index (χ1v) is 6.82. The number of alkyl halides is 3. The number of hydrogen-bond donors (Lipinski definition) is 1. The Morgan fingerprint density at radius 3 is 2.78 bits per heavy atom. The van der Waals surface area contributed by atoms with Crippen molar-refractivity contribution in [2.75, 3.05) is 7.05 Å². The lowest BCUT2D eigenvalue weighted by atomic mass is 10.0. The predicted molar refractivity (Wildman–Crippen MR) is 67.9 cm³/mol.